The lowest BCUT2D eigenvalue weighted by Gasteiger charge is -2.14. The summed E-state index contributed by atoms with van der Waals surface area (Å²) in [6.45, 7) is 0. The van der Waals surface area contributed by atoms with E-state index in [1.54, 1.807) is 18.6 Å². The fourth-order valence-electron chi connectivity index (χ4n) is 8.37. The number of fused-ring (bicyclic) bond motifs is 8. The number of nitrogens with zero attached hydrogens (tertiary/aromatic N) is 8. The molecule has 0 saturated heterocycles. The lowest BCUT2D eigenvalue weighted by atomic mass is 10.0. The molecule has 0 spiro atoms. The van der Waals surface area contributed by atoms with E-state index in [4.69, 9.17) is 24.4 Å². The molecule has 0 saturated carbocycles. The van der Waals surface area contributed by atoms with Crippen LogP contribution in [-0.2, 0) is 0 Å². The van der Waals surface area contributed by atoms with Crippen LogP contribution in [0.25, 0.3) is 112 Å². The van der Waals surface area contributed by atoms with Crippen LogP contribution in [0.3, 0.4) is 0 Å². The lowest BCUT2D eigenvalue weighted by molar-refractivity contribution is 0.621. The molecular weight excluding hydrogens is 729 g/mol. The summed E-state index contributed by atoms with van der Waals surface area (Å²) < 4.78 is 11.1. The largest absolute Gasteiger partial charge is 0.435 e. The van der Waals surface area contributed by atoms with Crippen LogP contribution in [-0.4, -0.2) is 39.0 Å². The van der Waals surface area contributed by atoms with Crippen LogP contribution >= 0.6 is 0 Å². The van der Waals surface area contributed by atoms with Crippen LogP contribution in [0.5, 0.6) is 0 Å². The van der Waals surface area contributed by atoms with Crippen LogP contribution in [0, 0.1) is 0 Å². The molecule has 0 bridgehead atoms. The summed E-state index contributed by atoms with van der Waals surface area (Å²) in [6.07, 6.45) is 5.26. The molecule has 9 heteroatoms. The van der Waals surface area contributed by atoms with Gasteiger partial charge in [0.15, 0.2) is 17.2 Å². The molecule has 0 aliphatic rings. The summed E-state index contributed by atoms with van der Waals surface area (Å²) in [5.74, 6) is 2.09. The molecule has 0 unspecified atom stereocenters. The normalized spacial score (nSPS) is 11.7. The number of oxazole rings is 1. The van der Waals surface area contributed by atoms with Crippen LogP contribution in [0.1, 0.15) is 0 Å². The Bertz CT molecular complexity index is 3500. The van der Waals surface area contributed by atoms with E-state index in [1.165, 1.54) is 0 Å². The zero-order valence-electron chi connectivity index (χ0n) is 31.3. The maximum absolute atomic E-state index is 6.50. The number of rotatable bonds is 6. The Morgan fingerprint density at radius 3 is 1.90 bits per heavy atom. The van der Waals surface area contributed by atoms with Crippen molar-refractivity contribution in [3.05, 3.63) is 182 Å². The first-order valence-electron chi connectivity index (χ1n) is 19.4. The molecule has 0 fully saturated rings. The van der Waals surface area contributed by atoms with E-state index in [-0.39, 0.29) is 0 Å². The average Bonchev–Trinajstić information content (AvgIpc) is 4.00. The van der Waals surface area contributed by atoms with Gasteiger partial charge in [0.25, 0.3) is 0 Å². The number of aromatic nitrogens is 8. The monoisotopic (exact) mass is 758 g/mol. The molecule has 276 valence electrons. The highest BCUT2D eigenvalue weighted by atomic mass is 16.3. The second kappa shape index (κ2) is 13.1. The van der Waals surface area contributed by atoms with Gasteiger partial charge in [-0.2, -0.15) is 9.97 Å². The summed E-state index contributed by atoms with van der Waals surface area (Å²) >= 11 is 0. The van der Waals surface area contributed by atoms with Gasteiger partial charge in [0.2, 0.25) is 11.8 Å². The van der Waals surface area contributed by atoms with Crippen molar-refractivity contribution in [2.45, 2.75) is 0 Å². The quantitative estimate of drug-likeness (QED) is 0.166. The first kappa shape index (κ1) is 32.9. The molecule has 6 heterocycles. The molecule has 6 aromatic carbocycles. The fourth-order valence-corrected chi connectivity index (χ4v) is 8.37. The van der Waals surface area contributed by atoms with Crippen molar-refractivity contribution in [2.24, 2.45) is 0 Å². The smallest absolute Gasteiger partial charge is 0.238 e. The van der Waals surface area contributed by atoms with Gasteiger partial charge in [0.1, 0.15) is 11.2 Å². The second-order valence-electron chi connectivity index (χ2n) is 14.4. The number of hydrogen-bond donors (Lipinski definition) is 0. The second-order valence-corrected chi connectivity index (χ2v) is 14.4. The number of pyridine rings is 2. The molecule has 12 aromatic rings. The lowest BCUT2D eigenvalue weighted by Crippen LogP contribution is -2.07. The standard InChI is InChI=1S/C50H30N8O/c1-2-12-32(13-3-1)49-53-40-20-11-18-35(46(40)59-49)33-14-10-15-34(30-33)57-42-21-6-4-16-36(42)38-23-24-39-37-17-5-7-22-43(37)58(45(39)44(38)57)50-55-47(31-25-28-51-29-26-31)54-48(56-50)41-19-8-9-27-52-41/h1-30H. The Labute approximate surface area is 336 Å². The molecule has 0 radical (unpaired) electrons. The molecule has 0 amide bonds. The van der Waals surface area contributed by atoms with Gasteiger partial charge < -0.3 is 8.98 Å². The fraction of sp³-hybridized carbons (Fsp3) is 0. The van der Waals surface area contributed by atoms with Crippen molar-refractivity contribution in [3.8, 4) is 57.1 Å². The van der Waals surface area contributed by atoms with E-state index >= 15 is 0 Å². The Morgan fingerprint density at radius 1 is 0.441 bits per heavy atom. The van der Waals surface area contributed by atoms with Gasteiger partial charge in [-0.3, -0.25) is 14.5 Å². The molecule has 9 nitrogen and oxygen atoms in total. The third-order valence-electron chi connectivity index (χ3n) is 11.0. The maximum Gasteiger partial charge on any atom is 0.238 e. The average molecular weight is 759 g/mol. The Morgan fingerprint density at radius 2 is 1.12 bits per heavy atom. The molecule has 59 heavy (non-hydrogen) atoms. The first-order valence-corrected chi connectivity index (χ1v) is 19.4. The van der Waals surface area contributed by atoms with Crippen LogP contribution in [0.15, 0.2) is 187 Å². The summed E-state index contributed by atoms with van der Waals surface area (Å²) in [5, 5.41) is 4.42. The molecule has 0 aliphatic carbocycles. The van der Waals surface area contributed by atoms with E-state index in [2.05, 4.69) is 110 Å². The van der Waals surface area contributed by atoms with E-state index in [9.17, 15) is 0 Å². The summed E-state index contributed by atoms with van der Waals surface area (Å²) in [4.78, 5) is 29.1. The van der Waals surface area contributed by atoms with Gasteiger partial charge in [0, 0.05) is 62.5 Å². The molecule has 0 N–H and O–H groups in total. The van der Waals surface area contributed by atoms with Gasteiger partial charge in [0.05, 0.1) is 22.1 Å². The molecule has 0 aliphatic heterocycles. The van der Waals surface area contributed by atoms with Gasteiger partial charge in [-0.05, 0) is 72.3 Å². The SMILES string of the molecule is c1ccc(-c2nc3cccc(-c4cccc(-n5c6ccccc6c6ccc7c8ccccc8n(-c8nc(-c9ccncc9)nc(-c9ccccn9)n8)c7c65)c4)c3o2)cc1. The molecule has 12 rings (SSSR count). The van der Waals surface area contributed by atoms with Crippen molar-refractivity contribution in [1.82, 2.24) is 39.0 Å². The Kier molecular flexibility index (Phi) is 7.33. The zero-order valence-corrected chi connectivity index (χ0v) is 31.3. The number of benzene rings is 6. The topological polar surface area (TPSA) is 100 Å². The highest BCUT2D eigenvalue weighted by Gasteiger charge is 2.24. The van der Waals surface area contributed by atoms with E-state index < -0.39 is 0 Å². The Balaban J connectivity index is 1.15. The first-order chi connectivity index (χ1) is 29.3. The van der Waals surface area contributed by atoms with E-state index in [1.807, 2.05) is 72.8 Å². The van der Waals surface area contributed by atoms with Crippen LogP contribution in [0.2, 0.25) is 0 Å². The minimum atomic E-state index is 0.478. The van der Waals surface area contributed by atoms with Crippen molar-refractivity contribution in [2.75, 3.05) is 0 Å². The highest BCUT2D eigenvalue weighted by Crippen LogP contribution is 2.42. The molecular formula is C50H30N8O. The van der Waals surface area contributed by atoms with Crippen molar-refractivity contribution < 1.29 is 4.42 Å². The summed E-state index contributed by atoms with van der Waals surface area (Å²) in [6, 6.07) is 55.9. The van der Waals surface area contributed by atoms with Crippen molar-refractivity contribution in [3.63, 3.8) is 0 Å². The number of hydrogen-bond acceptors (Lipinski definition) is 7. The predicted molar refractivity (Wildman–Crippen MR) is 233 cm³/mol. The maximum atomic E-state index is 6.50. The highest BCUT2D eigenvalue weighted by molar-refractivity contribution is 6.23. The van der Waals surface area contributed by atoms with Gasteiger partial charge >= 0.3 is 0 Å². The zero-order chi connectivity index (χ0) is 38.9. The molecule has 6 aromatic heterocycles. The van der Waals surface area contributed by atoms with Crippen molar-refractivity contribution >= 4 is 54.7 Å². The van der Waals surface area contributed by atoms with E-state index in [0.29, 0.717) is 29.2 Å². The van der Waals surface area contributed by atoms with Crippen LogP contribution in [0.4, 0.5) is 0 Å². The third-order valence-corrected chi connectivity index (χ3v) is 11.0. The minimum Gasteiger partial charge on any atom is -0.435 e. The Hall–Kier alpha value is -8.30. The molecule has 0 atom stereocenters. The van der Waals surface area contributed by atoms with Gasteiger partial charge in [-0.1, -0.05) is 97.1 Å². The number of para-hydroxylation sites is 3. The van der Waals surface area contributed by atoms with Gasteiger partial charge in [-0.15, -0.1) is 0 Å². The van der Waals surface area contributed by atoms with Crippen molar-refractivity contribution in [1.29, 1.82) is 0 Å². The third kappa shape index (κ3) is 5.25. The van der Waals surface area contributed by atoms with Gasteiger partial charge in [-0.25, -0.2) is 9.97 Å². The summed E-state index contributed by atoms with van der Waals surface area (Å²) in [5.41, 5.74) is 11.0. The van der Waals surface area contributed by atoms with Crippen LogP contribution < -0.4 is 0 Å². The predicted octanol–water partition coefficient (Wildman–Crippen LogP) is 11.7. The summed E-state index contributed by atoms with van der Waals surface area (Å²) in [7, 11) is 0. The minimum absolute atomic E-state index is 0.478. The van der Waals surface area contributed by atoms with E-state index in [0.717, 1.165) is 82.7 Å².